The Hall–Kier alpha value is -2.22. The highest BCUT2D eigenvalue weighted by molar-refractivity contribution is 14.1. The number of rotatable bonds is 3. The van der Waals surface area contributed by atoms with E-state index in [0.29, 0.717) is 24.7 Å². The molecule has 3 rings (SSSR count). The highest BCUT2D eigenvalue weighted by Gasteiger charge is 2.32. The first kappa shape index (κ1) is 18.6. The van der Waals surface area contributed by atoms with Crippen LogP contribution in [-0.2, 0) is 4.79 Å². The summed E-state index contributed by atoms with van der Waals surface area (Å²) in [4.78, 5) is 36.3. The number of aromatic nitrogens is 3. The lowest BCUT2D eigenvalue weighted by atomic mass is 9.92. The molecule has 0 unspecified atom stereocenters. The van der Waals surface area contributed by atoms with Gasteiger partial charge in [0.25, 0.3) is 3.91 Å². The van der Waals surface area contributed by atoms with Gasteiger partial charge >= 0.3 is 0 Å². The summed E-state index contributed by atoms with van der Waals surface area (Å²) in [5, 5.41) is 9.58. The molecule has 8 nitrogen and oxygen atoms in total. The maximum atomic E-state index is 12.1. The van der Waals surface area contributed by atoms with Crippen molar-refractivity contribution in [2.75, 3.05) is 25.0 Å². The monoisotopic (exact) mass is 466 g/mol. The SMILES string of the molecule is C[C@@H]1CCN(C(=O)CC#N)C[C@@H]1N(C)c1ncnc2c1ccn2C(=O)I. The van der Waals surface area contributed by atoms with Gasteiger partial charge in [0.15, 0.2) is 5.65 Å². The molecular weight excluding hydrogens is 447 g/mol. The van der Waals surface area contributed by atoms with Crippen molar-refractivity contribution in [3.05, 3.63) is 18.6 Å². The zero-order valence-corrected chi connectivity index (χ0v) is 16.8. The number of nitriles is 1. The van der Waals surface area contributed by atoms with Crippen molar-refractivity contribution in [1.29, 1.82) is 5.26 Å². The topological polar surface area (TPSA) is 95.1 Å². The largest absolute Gasteiger partial charge is 0.354 e. The zero-order valence-electron chi connectivity index (χ0n) is 14.6. The van der Waals surface area contributed by atoms with E-state index in [2.05, 4.69) is 21.8 Å². The van der Waals surface area contributed by atoms with E-state index in [0.717, 1.165) is 17.6 Å². The number of carbonyl (C=O) groups excluding carboxylic acids is 2. The van der Waals surface area contributed by atoms with Crippen LogP contribution in [0.3, 0.4) is 0 Å². The Morgan fingerprint density at radius 1 is 1.46 bits per heavy atom. The molecule has 1 saturated heterocycles. The fraction of sp³-hybridized carbons (Fsp3) is 0.471. The first-order valence-corrected chi connectivity index (χ1v) is 9.41. The molecule has 0 bridgehead atoms. The molecule has 0 saturated carbocycles. The van der Waals surface area contributed by atoms with Crippen LogP contribution < -0.4 is 4.90 Å². The Balaban J connectivity index is 1.91. The first-order chi connectivity index (χ1) is 12.4. The van der Waals surface area contributed by atoms with Gasteiger partial charge in [0.1, 0.15) is 18.6 Å². The van der Waals surface area contributed by atoms with Gasteiger partial charge in [0, 0.05) is 48.9 Å². The molecule has 1 amide bonds. The number of likely N-dealkylation sites (tertiary alicyclic amines) is 1. The smallest absolute Gasteiger partial charge is 0.292 e. The minimum atomic E-state index is -0.135. The summed E-state index contributed by atoms with van der Waals surface area (Å²) in [7, 11) is 1.95. The fourth-order valence-electron chi connectivity index (χ4n) is 3.48. The molecule has 1 aliphatic rings. The summed E-state index contributed by atoms with van der Waals surface area (Å²) in [6.07, 6.45) is 3.92. The minimum absolute atomic E-state index is 0.0724. The van der Waals surface area contributed by atoms with E-state index >= 15 is 0 Å². The van der Waals surface area contributed by atoms with Gasteiger partial charge in [0.05, 0.1) is 17.5 Å². The van der Waals surface area contributed by atoms with Crippen molar-refractivity contribution < 1.29 is 9.59 Å². The number of hydrogen-bond acceptors (Lipinski definition) is 6. The van der Waals surface area contributed by atoms with Crippen molar-refractivity contribution in [3.63, 3.8) is 0 Å². The predicted octanol–water partition coefficient (Wildman–Crippen LogP) is 2.42. The second-order valence-electron chi connectivity index (χ2n) is 6.49. The van der Waals surface area contributed by atoms with Gasteiger partial charge in [-0.15, -0.1) is 0 Å². The van der Waals surface area contributed by atoms with E-state index in [9.17, 15) is 9.59 Å². The van der Waals surface area contributed by atoms with Crippen LogP contribution >= 0.6 is 22.6 Å². The quantitative estimate of drug-likeness (QED) is 0.510. The Morgan fingerprint density at radius 3 is 2.92 bits per heavy atom. The summed E-state index contributed by atoms with van der Waals surface area (Å²) in [6, 6.07) is 3.84. The summed E-state index contributed by atoms with van der Waals surface area (Å²) >= 11 is 1.73. The lowest BCUT2D eigenvalue weighted by Crippen LogP contribution is -2.52. The Morgan fingerprint density at radius 2 is 2.23 bits per heavy atom. The van der Waals surface area contributed by atoms with Crippen molar-refractivity contribution in [2.45, 2.75) is 25.8 Å². The maximum Gasteiger partial charge on any atom is 0.292 e. The van der Waals surface area contributed by atoms with Gasteiger partial charge in [-0.2, -0.15) is 5.26 Å². The number of fused-ring (bicyclic) bond motifs is 1. The maximum absolute atomic E-state index is 12.1. The molecule has 0 radical (unpaired) electrons. The third kappa shape index (κ3) is 3.38. The lowest BCUT2D eigenvalue weighted by molar-refractivity contribution is -0.131. The Labute approximate surface area is 164 Å². The molecule has 2 aromatic heterocycles. The molecular formula is C17H19IN6O2. The number of hydrogen-bond donors (Lipinski definition) is 0. The number of halogens is 1. The first-order valence-electron chi connectivity index (χ1n) is 8.33. The normalized spacial score (nSPS) is 20.0. The molecule has 26 heavy (non-hydrogen) atoms. The lowest BCUT2D eigenvalue weighted by Gasteiger charge is -2.42. The fourth-order valence-corrected chi connectivity index (χ4v) is 3.87. The highest BCUT2D eigenvalue weighted by atomic mass is 127. The van der Waals surface area contributed by atoms with Crippen LogP contribution in [0, 0.1) is 17.2 Å². The van der Waals surface area contributed by atoms with E-state index in [-0.39, 0.29) is 22.3 Å². The number of piperidine rings is 1. The van der Waals surface area contributed by atoms with Gasteiger partial charge in [-0.25, -0.2) is 9.97 Å². The van der Waals surface area contributed by atoms with Crippen LogP contribution in [0.4, 0.5) is 10.6 Å². The van der Waals surface area contributed by atoms with Crippen LogP contribution in [0.2, 0.25) is 0 Å². The molecule has 2 atom stereocenters. The van der Waals surface area contributed by atoms with Crippen LogP contribution in [0.1, 0.15) is 19.8 Å². The third-order valence-electron chi connectivity index (χ3n) is 4.98. The molecule has 0 N–H and O–H groups in total. The molecule has 1 fully saturated rings. The van der Waals surface area contributed by atoms with E-state index in [1.54, 1.807) is 33.7 Å². The summed E-state index contributed by atoms with van der Waals surface area (Å²) in [5.74, 6) is 0.967. The number of amides is 1. The standard InChI is InChI=1S/C17H19IN6O2/c1-11-4-7-23(14(25)3-6-19)9-13(11)22(2)15-12-5-8-24(17(18)26)16(12)21-10-20-15/h5,8,10-11,13H,3-4,7,9H2,1-2H3/t11-,13+/m1/s1. The second-order valence-corrected chi connectivity index (χ2v) is 7.41. The highest BCUT2D eigenvalue weighted by Crippen LogP contribution is 2.29. The number of carbonyl (C=O) groups is 2. The summed E-state index contributed by atoms with van der Waals surface area (Å²) in [5.41, 5.74) is 0.571. The Kier molecular flexibility index (Phi) is 5.41. The number of likely N-dealkylation sites (N-methyl/N-ethyl adjacent to an activating group) is 1. The molecule has 3 heterocycles. The van der Waals surface area contributed by atoms with Crippen molar-refractivity contribution in [1.82, 2.24) is 19.4 Å². The van der Waals surface area contributed by atoms with Gasteiger partial charge in [-0.05, 0) is 18.4 Å². The predicted molar refractivity (Wildman–Crippen MR) is 105 cm³/mol. The van der Waals surface area contributed by atoms with Gasteiger partial charge in [-0.1, -0.05) is 6.92 Å². The molecule has 0 aliphatic carbocycles. The summed E-state index contributed by atoms with van der Waals surface area (Å²) in [6.45, 7) is 3.38. The van der Waals surface area contributed by atoms with Crippen molar-refractivity contribution in [3.8, 4) is 6.07 Å². The average molecular weight is 466 g/mol. The van der Waals surface area contributed by atoms with E-state index < -0.39 is 0 Å². The van der Waals surface area contributed by atoms with E-state index in [1.807, 2.05) is 19.2 Å². The zero-order chi connectivity index (χ0) is 18.8. The second kappa shape index (κ2) is 7.57. The molecule has 0 aromatic carbocycles. The summed E-state index contributed by atoms with van der Waals surface area (Å²) < 4.78 is 1.35. The molecule has 136 valence electrons. The number of nitrogens with zero attached hydrogens (tertiary/aromatic N) is 6. The Bertz CT molecular complexity index is 889. The van der Waals surface area contributed by atoms with Crippen molar-refractivity contribution >= 4 is 49.3 Å². The minimum Gasteiger partial charge on any atom is -0.354 e. The molecule has 9 heteroatoms. The third-order valence-corrected chi connectivity index (χ3v) is 5.50. The van der Waals surface area contributed by atoms with Crippen molar-refractivity contribution in [2.24, 2.45) is 5.92 Å². The van der Waals surface area contributed by atoms with Crippen LogP contribution in [0.25, 0.3) is 11.0 Å². The van der Waals surface area contributed by atoms with E-state index in [1.165, 1.54) is 10.9 Å². The number of anilines is 1. The van der Waals surface area contributed by atoms with Crippen LogP contribution in [-0.4, -0.2) is 55.4 Å². The van der Waals surface area contributed by atoms with Gasteiger partial charge in [-0.3, -0.25) is 14.2 Å². The average Bonchev–Trinajstić information content (AvgIpc) is 3.06. The van der Waals surface area contributed by atoms with Crippen LogP contribution in [0.5, 0.6) is 0 Å². The van der Waals surface area contributed by atoms with Gasteiger partial charge in [0.2, 0.25) is 5.91 Å². The van der Waals surface area contributed by atoms with Gasteiger partial charge < -0.3 is 9.80 Å². The van der Waals surface area contributed by atoms with Crippen LogP contribution in [0.15, 0.2) is 18.6 Å². The van der Waals surface area contributed by atoms with E-state index in [4.69, 9.17) is 5.26 Å². The molecule has 2 aromatic rings. The molecule has 0 spiro atoms. The molecule has 1 aliphatic heterocycles.